The molecular formula is C30H28BrN11O3. The van der Waals surface area contributed by atoms with Gasteiger partial charge in [-0.15, -0.1) is 5.10 Å². The van der Waals surface area contributed by atoms with Gasteiger partial charge in [0.1, 0.15) is 34.5 Å². The van der Waals surface area contributed by atoms with Crippen molar-refractivity contribution in [3.05, 3.63) is 70.9 Å². The third-order valence-electron chi connectivity index (χ3n) is 8.59. The van der Waals surface area contributed by atoms with Gasteiger partial charge < -0.3 is 10.2 Å². The number of nitrogens with zero attached hydrogens (tertiary/aromatic N) is 10. The molecule has 0 spiro atoms. The van der Waals surface area contributed by atoms with Crippen molar-refractivity contribution in [2.75, 3.05) is 5.32 Å². The number of aromatic nitrogens is 9. The average Bonchev–Trinajstić information content (AvgIpc) is 3.34. The van der Waals surface area contributed by atoms with Crippen LogP contribution in [-0.2, 0) is 22.7 Å². The summed E-state index contributed by atoms with van der Waals surface area (Å²) in [6, 6.07) is 4.52. The fourth-order valence-electron chi connectivity index (χ4n) is 6.26. The van der Waals surface area contributed by atoms with Crippen LogP contribution in [0.5, 0.6) is 0 Å². The molecule has 15 heteroatoms. The van der Waals surface area contributed by atoms with Crippen molar-refractivity contribution in [2.24, 2.45) is 5.41 Å². The van der Waals surface area contributed by atoms with E-state index in [1.165, 1.54) is 11.6 Å². The Balaban J connectivity index is 1.20. The third kappa shape index (κ3) is 5.26. The second-order valence-electron chi connectivity index (χ2n) is 11.7. The fraction of sp³-hybridized carbons (Fsp3) is 0.333. The largest absolute Gasteiger partial charge is 0.325 e. The number of carbonyl (C=O) groups is 3. The highest BCUT2D eigenvalue weighted by Gasteiger charge is 2.67. The van der Waals surface area contributed by atoms with E-state index >= 15 is 0 Å². The molecule has 6 heterocycles. The first-order chi connectivity index (χ1) is 21.6. The van der Waals surface area contributed by atoms with Gasteiger partial charge in [-0.25, -0.2) is 15.0 Å². The normalized spacial score (nSPS) is 20.3. The number of hydrogen-bond donors (Lipinski definition) is 1. The highest BCUT2D eigenvalue weighted by atomic mass is 79.9. The summed E-state index contributed by atoms with van der Waals surface area (Å²) in [5.41, 5.74) is 2.53. The molecule has 1 aliphatic heterocycles. The number of likely N-dealkylation sites (tertiary alicyclic amines) is 1. The second kappa shape index (κ2) is 10.9. The van der Waals surface area contributed by atoms with Crippen LogP contribution < -0.4 is 5.32 Å². The van der Waals surface area contributed by atoms with Crippen LogP contribution in [0, 0.1) is 19.3 Å². The van der Waals surface area contributed by atoms with E-state index in [2.05, 4.69) is 56.6 Å². The molecule has 0 unspecified atom stereocenters. The van der Waals surface area contributed by atoms with Crippen LogP contribution in [0.3, 0.4) is 0 Å². The molecule has 5 aromatic rings. The Hall–Kier alpha value is -4.92. The van der Waals surface area contributed by atoms with E-state index in [0.29, 0.717) is 51.4 Å². The number of carbonyl (C=O) groups excluding carboxylic acids is 3. The number of piperidine rings is 1. The van der Waals surface area contributed by atoms with Gasteiger partial charge in [-0.1, -0.05) is 11.3 Å². The lowest BCUT2D eigenvalue weighted by Crippen LogP contribution is -2.47. The minimum atomic E-state index is -0.736. The number of aryl methyl sites for hydroxylation is 2. The van der Waals surface area contributed by atoms with Crippen molar-refractivity contribution < 1.29 is 14.4 Å². The quantitative estimate of drug-likeness (QED) is 0.191. The molecule has 0 radical (unpaired) electrons. The van der Waals surface area contributed by atoms with Gasteiger partial charge >= 0.3 is 0 Å². The van der Waals surface area contributed by atoms with Crippen LogP contribution in [0.15, 0.2) is 53.8 Å². The number of amides is 2. The van der Waals surface area contributed by atoms with Gasteiger partial charge in [0.15, 0.2) is 5.78 Å². The lowest BCUT2D eigenvalue weighted by Gasteiger charge is -2.27. The zero-order valence-corrected chi connectivity index (χ0v) is 26.3. The summed E-state index contributed by atoms with van der Waals surface area (Å²) in [5, 5.41) is 16.1. The van der Waals surface area contributed by atoms with Crippen molar-refractivity contribution >= 4 is 50.2 Å². The van der Waals surface area contributed by atoms with Crippen molar-refractivity contribution in [3.8, 4) is 11.3 Å². The van der Waals surface area contributed by atoms with E-state index in [0.717, 1.165) is 12.0 Å². The molecule has 7 rings (SSSR count). The number of ketones is 1. The molecule has 0 bridgehead atoms. The molecule has 2 aliphatic rings. The molecule has 1 saturated carbocycles. The lowest BCUT2D eigenvalue weighted by molar-refractivity contribution is -0.138. The number of pyridine rings is 2. The molecule has 1 saturated heterocycles. The first-order valence-electron chi connectivity index (χ1n) is 14.4. The molecule has 2 amide bonds. The SMILES string of the molecule is CC(=O)c1nn(CC(=O)N2[C@H](C(=O)Nc3nc(Br)ccc3C)C[C@@]3(Cn4ccnn4)C[C@@H]23)c2cnc(-c3cnc(C)nc3)cc12. The summed E-state index contributed by atoms with van der Waals surface area (Å²) in [6.07, 6.45) is 9.52. The van der Waals surface area contributed by atoms with Gasteiger partial charge in [-0.2, -0.15) is 5.10 Å². The van der Waals surface area contributed by atoms with Crippen LogP contribution in [0.25, 0.3) is 22.2 Å². The van der Waals surface area contributed by atoms with Crippen molar-refractivity contribution in [3.63, 3.8) is 0 Å². The van der Waals surface area contributed by atoms with Crippen LogP contribution in [0.2, 0.25) is 0 Å². The van der Waals surface area contributed by atoms with E-state index < -0.39 is 6.04 Å². The van der Waals surface area contributed by atoms with Gasteiger partial charge in [0, 0.05) is 47.9 Å². The maximum absolute atomic E-state index is 14.1. The maximum atomic E-state index is 14.1. The number of nitrogens with one attached hydrogen (secondary N) is 1. The van der Waals surface area contributed by atoms with E-state index in [1.807, 2.05) is 13.0 Å². The molecule has 228 valence electrons. The molecule has 5 aromatic heterocycles. The van der Waals surface area contributed by atoms with Crippen LogP contribution >= 0.6 is 15.9 Å². The monoisotopic (exact) mass is 669 g/mol. The molecule has 1 N–H and O–H groups in total. The smallest absolute Gasteiger partial charge is 0.248 e. The Kier molecular flexibility index (Phi) is 6.99. The Morgan fingerprint density at radius 3 is 2.62 bits per heavy atom. The molecular weight excluding hydrogens is 642 g/mol. The number of rotatable bonds is 8. The fourth-order valence-corrected chi connectivity index (χ4v) is 6.57. The maximum Gasteiger partial charge on any atom is 0.248 e. The Morgan fingerprint density at radius 1 is 1.09 bits per heavy atom. The number of halogens is 1. The predicted octanol–water partition coefficient (Wildman–Crippen LogP) is 3.16. The van der Waals surface area contributed by atoms with Gasteiger partial charge in [0.05, 0.1) is 30.1 Å². The van der Waals surface area contributed by atoms with E-state index in [9.17, 15) is 14.4 Å². The van der Waals surface area contributed by atoms with Gasteiger partial charge in [0.25, 0.3) is 0 Å². The highest BCUT2D eigenvalue weighted by Crippen LogP contribution is 2.60. The molecule has 1 aliphatic carbocycles. The zero-order chi connectivity index (χ0) is 31.5. The third-order valence-corrected chi connectivity index (χ3v) is 9.04. The Labute approximate surface area is 265 Å². The first-order valence-corrected chi connectivity index (χ1v) is 15.2. The Bertz CT molecular complexity index is 1980. The van der Waals surface area contributed by atoms with Crippen molar-refractivity contribution in [1.29, 1.82) is 0 Å². The predicted molar refractivity (Wildman–Crippen MR) is 165 cm³/mol. The van der Waals surface area contributed by atoms with Crippen LogP contribution in [0.4, 0.5) is 5.82 Å². The van der Waals surface area contributed by atoms with E-state index in [4.69, 9.17) is 0 Å². The zero-order valence-electron chi connectivity index (χ0n) is 24.7. The summed E-state index contributed by atoms with van der Waals surface area (Å²) in [7, 11) is 0. The molecule has 14 nitrogen and oxygen atoms in total. The van der Waals surface area contributed by atoms with E-state index in [1.54, 1.807) is 59.6 Å². The molecule has 2 fully saturated rings. The lowest BCUT2D eigenvalue weighted by atomic mass is 9.99. The molecule has 45 heavy (non-hydrogen) atoms. The number of fused-ring (bicyclic) bond motifs is 2. The van der Waals surface area contributed by atoms with E-state index in [-0.39, 0.29) is 41.3 Å². The van der Waals surface area contributed by atoms with Crippen LogP contribution in [0.1, 0.15) is 41.6 Å². The highest BCUT2D eigenvalue weighted by molar-refractivity contribution is 9.10. The summed E-state index contributed by atoms with van der Waals surface area (Å²) in [6.45, 7) is 5.45. The minimum absolute atomic E-state index is 0.165. The minimum Gasteiger partial charge on any atom is -0.325 e. The van der Waals surface area contributed by atoms with Crippen molar-refractivity contribution in [1.82, 2.24) is 49.6 Å². The number of anilines is 1. The summed E-state index contributed by atoms with van der Waals surface area (Å²) in [5.74, 6) is 0.218. The number of hydrogen-bond acceptors (Lipinski definition) is 10. The van der Waals surface area contributed by atoms with Gasteiger partial charge in [-0.3, -0.25) is 28.7 Å². The summed E-state index contributed by atoms with van der Waals surface area (Å²) >= 11 is 3.37. The van der Waals surface area contributed by atoms with Gasteiger partial charge in [-0.05, 0) is 60.3 Å². The Morgan fingerprint density at radius 2 is 1.89 bits per heavy atom. The van der Waals surface area contributed by atoms with Crippen LogP contribution in [-0.4, -0.2) is 79.3 Å². The second-order valence-corrected chi connectivity index (χ2v) is 12.5. The summed E-state index contributed by atoms with van der Waals surface area (Å²) < 4.78 is 3.82. The average molecular weight is 671 g/mol. The number of Topliss-reactive ketones (excluding diaryl/α,β-unsaturated/α-hetero) is 1. The van der Waals surface area contributed by atoms with Crippen molar-refractivity contribution in [2.45, 2.75) is 58.8 Å². The van der Waals surface area contributed by atoms with Gasteiger partial charge in [0.2, 0.25) is 11.8 Å². The summed E-state index contributed by atoms with van der Waals surface area (Å²) in [4.78, 5) is 59.7. The standard InChI is InChI=1S/C30H28BrN11O3/c1-16-4-5-25(31)36-28(16)37-29(45)22-9-30(15-40-7-6-35-39-40)10-24(30)42(22)26(44)14-41-23-13-34-21(19-11-32-18(3)33-12-19)8-20(23)27(38-41)17(2)43/h4-8,11-13,22,24H,9-10,14-15H2,1-3H3,(H,36,37,45)/t22-,24+,30-/m0/s1. The molecule has 3 atom stereocenters. The molecule has 0 aromatic carbocycles. The first kappa shape index (κ1) is 28.8. The topological polar surface area (TPSA) is 167 Å².